The summed E-state index contributed by atoms with van der Waals surface area (Å²) in [6, 6.07) is 8.12. The molecule has 108 valence electrons. The number of rotatable bonds is 7. The standard InChI is InChI=1S/C14H24N2O2S/c1-11(2)15-9-13(4)19(17,18)16-10-14-7-5-12(3)6-8-14/h5-8,11,13,15-16H,9-10H2,1-4H3. The minimum Gasteiger partial charge on any atom is -0.313 e. The van der Waals surface area contributed by atoms with E-state index in [1.54, 1.807) is 6.92 Å². The van der Waals surface area contributed by atoms with Gasteiger partial charge in [-0.25, -0.2) is 13.1 Å². The number of hydrogen-bond acceptors (Lipinski definition) is 3. The summed E-state index contributed by atoms with van der Waals surface area (Å²) < 4.78 is 26.7. The maximum absolute atomic E-state index is 12.0. The summed E-state index contributed by atoms with van der Waals surface area (Å²) in [5.41, 5.74) is 2.14. The van der Waals surface area contributed by atoms with Gasteiger partial charge in [-0.15, -0.1) is 0 Å². The average molecular weight is 284 g/mol. The molecule has 0 aromatic heterocycles. The van der Waals surface area contributed by atoms with Gasteiger partial charge in [-0.05, 0) is 19.4 Å². The van der Waals surface area contributed by atoms with Gasteiger partial charge in [-0.2, -0.15) is 0 Å². The highest BCUT2D eigenvalue weighted by Crippen LogP contribution is 2.05. The fraction of sp³-hybridized carbons (Fsp3) is 0.571. The normalized spacial score (nSPS) is 13.7. The lowest BCUT2D eigenvalue weighted by molar-refractivity contribution is 0.540. The van der Waals surface area contributed by atoms with Crippen LogP contribution in [0.5, 0.6) is 0 Å². The van der Waals surface area contributed by atoms with Crippen LogP contribution >= 0.6 is 0 Å². The molecule has 0 saturated heterocycles. The first-order valence-electron chi connectivity index (χ1n) is 6.58. The molecule has 1 atom stereocenters. The zero-order chi connectivity index (χ0) is 14.5. The van der Waals surface area contributed by atoms with Crippen molar-refractivity contribution >= 4 is 10.0 Å². The molecule has 1 aromatic carbocycles. The summed E-state index contributed by atoms with van der Waals surface area (Å²) in [5, 5.41) is 2.69. The molecule has 0 radical (unpaired) electrons. The topological polar surface area (TPSA) is 58.2 Å². The van der Waals surface area contributed by atoms with E-state index >= 15 is 0 Å². The Labute approximate surface area is 116 Å². The Hall–Kier alpha value is -0.910. The van der Waals surface area contributed by atoms with E-state index in [1.165, 1.54) is 5.56 Å². The molecule has 5 heteroatoms. The lowest BCUT2D eigenvalue weighted by Crippen LogP contribution is -2.40. The zero-order valence-electron chi connectivity index (χ0n) is 12.1. The van der Waals surface area contributed by atoms with E-state index in [0.717, 1.165) is 5.56 Å². The van der Waals surface area contributed by atoms with E-state index in [4.69, 9.17) is 0 Å². The SMILES string of the molecule is Cc1ccc(CNS(=O)(=O)C(C)CNC(C)C)cc1. The summed E-state index contributed by atoms with van der Waals surface area (Å²) in [5.74, 6) is 0. The van der Waals surface area contributed by atoms with Crippen molar-refractivity contribution in [1.82, 2.24) is 10.0 Å². The third-order valence-electron chi connectivity index (χ3n) is 2.94. The number of aryl methyl sites for hydroxylation is 1. The first-order chi connectivity index (χ1) is 8.81. The lowest BCUT2D eigenvalue weighted by atomic mass is 10.2. The van der Waals surface area contributed by atoms with Crippen LogP contribution in [0, 0.1) is 6.92 Å². The molecule has 0 saturated carbocycles. The Morgan fingerprint density at radius 1 is 1.11 bits per heavy atom. The molecule has 0 aliphatic heterocycles. The third-order valence-corrected chi connectivity index (χ3v) is 4.71. The number of hydrogen-bond donors (Lipinski definition) is 2. The quantitative estimate of drug-likeness (QED) is 0.803. The van der Waals surface area contributed by atoms with Crippen LogP contribution in [0.15, 0.2) is 24.3 Å². The van der Waals surface area contributed by atoms with Gasteiger partial charge >= 0.3 is 0 Å². The maximum Gasteiger partial charge on any atom is 0.215 e. The molecule has 1 unspecified atom stereocenters. The van der Waals surface area contributed by atoms with Crippen molar-refractivity contribution in [3.63, 3.8) is 0 Å². The van der Waals surface area contributed by atoms with E-state index in [9.17, 15) is 8.42 Å². The van der Waals surface area contributed by atoms with Crippen LogP contribution in [-0.2, 0) is 16.6 Å². The van der Waals surface area contributed by atoms with Crippen LogP contribution in [0.1, 0.15) is 31.9 Å². The van der Waals surface area contributed by atoms with Gasteiger partial charge in [0.1, 0.15) is 0 Å². The Morgan fingerprint density at radius 3 is 2.21 bits per heavy atom. The molecule has 4 nitrogen and oxygen atoms in total. The van der Waals surface area contributed by atoms with Crippen LogP contribution in [0.3, 0.4) is 0 Å². The van der Waals surface area contributed by atoms with Crippen LogP contribution in [0.4, 0.5) is 0 Å². The second kappa shape index (κ2) is 7.03. The van der Waals surface area contributed by atoms with Crippen molar-refractivity contribution in [2.45, 2.75) is 45.5 Å². The van der Waals surface area contributed by atoms with Gasteiger partial charge in [0.25, 0.3) is 0 Å². The van der Waals surface area contributed by atoms with E-state index in [-0.39, 0.29) is 6.04 Å². The van der Waals surface area contributed by atoms with Crippen molar-refractivity contribution in [3.8, 4) is 0 Å². The van der Waals surface area contributed by atoms with Crippen LogP contribution in [0.2, 0.25) is 0 Å². The van der Waals surface area contributed by atoms with Gasteiger partial charge in [0, 0.05) is 19.1 Å². The van der Waals surface area contributed by atoms with E-state index in [2.05, 4.69) is 10.0 Å². The second-order valence-electron chi connectivity index (χ2n) is 5.23. The van der Waals surface area contributed by atoms with Crippen LogP contribution < -0.4 is 10.0 Å². The van der Waals surface area contributed by atoms with Crippen LogP contribution in [0.25, 0.3) is 0 Å². The molecule has 1 aromatic rings. The molecule has 0 aliphatic carbocycles. The fourth-order valence-electron chi connectivity index (χ4n) is 1.54. The molecule has 0 spiro atoms. The summed E-state index contributed by atoms with van der Waals surface area (Å²) in [4.78, 5) is 0. The molecular formula is C14H24N2O2S. The van der Waals surface area contributed by atoms with Gasteiger partial charge < -0.3 is 5.32 Å². The number of sulfonamides is 1. The predicted octanol–water partition coefficient (Wildman–Crippen LogP) is 1.80. The highest BCUT2D eigenvalue weighted by molar-refractivity contribution is 7.90. The Morgan fingerprint density at radius 2 is 1.68 bits per heavy atom. The summed E-state index contributed by atoms with van der Waals surface area (Å²) in [6.07, 6.45) is 0. The molecular weight excluding hydrogens is 260 g/mol. The monoisotopic (exact) mass is 284 g/mol. The van der Waals surface area contributed by atoms with Gasteiger partial charge in [0.2, 0.25) is 10.0 Å². The molecule has 0 amide bonds. The van der Waals surface area contributed by atoms with E-state index in [1.807, 2.05) is 45.0 Å². The summed E-state index contributed by atoms with van der Waals surface area (Å²) >= 11 is 0. The third kappa shape index (κ3) is 5.72. The van der Waals surface area contributed by atoms with Gasteiger partial charge in [-0.1, -0.05) is 43.7 Å². The number of benzene rings is 1. The Balaban J connectivity index is 2.52. The zero-order valence-corrected chi connectivity index (χ0v) is 12.9. The summed E-state index contributed by atoms with van der Waals surface area (Å²) in [7, 11) is -3.28. The molecule has 2 N–H and O–H groups in total. The highest BCUT2D eigenvalue weighted by atomic mass is 32.2. The second-order valence-corrected chi connectivity index (χ2v) is 7.41. The molecule has 0 aliphatic rings. The maximum atomic E-state index is 12.0. The number of nitrogens with one attached hydrogen (secondary N) is 2. The van der Waals surface area contributed by atoms with Crippen molar-refractivity contribution in [3.05, 3.63) is 35.4 Å². The first kappa shape index (κ1) is 16.1. The average Bonchev–Trinajstić information content (AvgIpc) is 2.35. The van der Waals surface area contributed by atoms with E-state index in [0.29, 0.717) is 13.1 Å². The largest absolute Gasteiger partial charge is 0.313 e. The molecule has 1 rings (SSSR count). The first-order valence-corrected chi connectivity index (χ1v) is 8.13. The van der Waals surface area contributed by atoms with Crippen molar-refractivity contribution < 1.29 is 8.42 Å². The van der Waals surface area contributed by atoms with Gasteiger partial charge in [0.05, 0.1) is 5.25 Å². The van der Waals surface area contributed by atoms with Gasteiger partial charge in [0.15, 0.2) is 0 Å². The van der Waals surface area contributed by atoms with Crippen molar-refractivity contribution in [2.75, 3.05) is 6.54 Å². The highest BCUT2D eigenvalue weighted by Gasteiger charge is 2.19. The smallest absolute Gasteiger partial charge is 0.215 e. The lowest BCUT2D eigenvalue weighted by Gasteiger charge is -2.16. The Bertz CT molecular complexity index is 481. The van der Waals surface area contributed by atoms with Gasteiger partial charge in [-0.3, -0.25) is 0 Å². The molecule has 0 heterocycles. The molecule has 19 heavy (non-hydrogen) atoms. The molecule has 0 fully saturated rings. The minimum atomic E-state index is -3.28. The van der Waals surface area contributed by atoms with E-state index < -0.39 is 15.3 Å². The summed E-state index contributed by atoms with van der Waals surface area (Å²) in [6.45, 7) is 8.52. The fourth-order valence-corrected chi connectivity index (χ4v) is 2.51. The predicted molar refractivity (Wildman–Crippen MR) is 79.5 cm³/mol. The van der Waals surface area contributed by atoms with Crippen molar-refractivity contribution in [1.29, 1.82) is 0 Å². The van der Waals surface area contributed by atoms with Crippen LogP contribution in [-0.4, -0.2) is 26.3 Å². The van der Waals surface area contributed by atoms with Crippen molar-refractivity contribution in [2.24, 2.45) is 0 Å². The Kier molecular flexibility index (Phi) is 5.97. The minimum absolute atomic E-state index is 0.287. The molecule has 0 bridgehead atoms.